The van der Waals surface area contributed by atoms with Gasteiger partial charge in [-0.25, -0.2) is 4.98 Å². The highest BCUT2D eigenvalue weighted by Crippen LogP contribution is 2.43. The van der Waals surface area contributed by atoms with E-state index in [0.717, 1.165) is 23.7 Å². The fourth-order valence-corrected chi connectivity index (χ4v) is 4.92. The van der Waals surface area contributed by atoms with Crippen LogP contribution < -0.4 is 5.73 Å². The van der Waals surface area contributed by atoms with Gasteiger partial charge < -0.3 is 5.73 Å². The molecule has 1 aliphatic carbocycles. The number of para-hydroxylation sites is 1. The zero-order valence-corrected chi connectivity index (χ0v) is 17.8. The van der Waals surface area contributed by atoms with Crippen LogP contribution in [-0.4, -0.2) is 49.8 Å². The van der Waals surface area contributed by atoms with Gasteiger partial charge in [-0.15, -0.1) is 10.2 Å². The van der Waals surface area contributed by atoms with Crippen LogP contribution in [0.25, 0.3) is 28.1 Å². The molecule has 170 valence electrons. The molecule has 0 spiro atoms. The van der Waals surface area contributed by atoms with Crippen molar-refractivity contribution in [1.29, 1.82) is 0 Å². The Morgan fingerprint density at radius 1 is 1.00 bits per heavy atom. The summed E-state index contributed by atoms with van der Waals surface area (Å²) in [6.45, 7) is 0.530. The van der Waals surface area contributed by atoms with Gasteiger partial charge in [0.15, 0.2) is 11.5 Å². The molecule has 0 amide bonds. The van der Waals surface area contributed by atoms with E-state index in [-0.39, 0.29) is 18.2 Å². The van der Waals surface area contributed by atoms with Crippen molar-refractivity contribution in [3.05, 3.63) is 59.8 Å². The summed E-state index contributed by atoms with van der Waals surface area (Å²) in [6.07, 6.45) is -0.0723. The minimum absolute atomic E-state index is 0.143. The molecule has 6 nitrogen and oxygen atoms in total. The Balaban J connectivity index is 1.46. The van der Waals surface area contributed by atoms with Gasteiger partial charge in [0.25, 0.3) is 0 Å². The third-order valence-electron chi connectivity index (χ3n) is 6.67. The monoisotopic (exact) mass is 452 g/mol. The summed E-state index contributed by atoms with van der Waals surface area (Å²) >= 11 is 0. The van der Waals surface area contributed by atoms with E-state index < -0.39 is 12.2 Å². The molecule has 4 heterocycles. The highest BCUT2D eigenvalue weighted by atomic mass is 19.4. The van der Waals surface area contributed by atoms with E-state index in [9.17, 15) is 13.2 Å². The molecule has 1 saturated carbocycles. The predicted octanol–water partition coefficient (Wildman–Crippen LogP) is 4.46. The van der Waals surface area contributed by atoms with Crippen molar-refractivity contribution in [2.45, 2.75) is 43.4 Å². The van der Waals surface area contributed by atoms with E-state index in [1.54, 1.807) is 10.5 Å². The number of rotatable bonds is 4. The molecular weight excluding hydrogens is 429 g/mol. The molecule has 2 atom stereocenters. The van der Waals surface area contributed by atoms with Gasteiger partial charge in [-0.3, -0.25) is 9.30 Å². The van der Waals surface area contributed by atoms with Gasteiger partial charge in [-0.1, -0.05) is 30.3 Å². The van der Waals surface area contributed by atoms with Crippen LogP contribution in [0.1, 0.15) is 42.3 Å². The number of nitrogens with two attached hydrogens (primary N) is 1. The number of alkyl halides is 3. The Morgan fingerprint density at radius 3 is 2.58 bits per heavy atom. The Kier molecular flexibility index (Phi) is 4.67. The highest BCUT2D eigenvalue weighted by Gasteiger charge is 2.46. The van der Waals surface area contributed by atoms with E-state index in [1.807, 2.05) is 24.3 Å². The Bertz CT molecular complexity index is 1340. The second-order valence-corrected chi connectivity index (χ2v) is 9.09. The molecule has 0 radical (unpaired) electrons. The molecule has 2 fully saturated rings. The van der Waals surface area contributed by atoms with Gasteiger partial charge in [-0.2, -0.15) is 13.2 Å². The van der Waals surface area contributed by atoms with Gasteiger partial charge in [-0.05, 0) is 48.4 Å². The lowest BCUT2D eigenvalue weighted by atomic mass is 10.1. The number of hydrogen-bond donors (Lipinski definition) is 1. The van der Waals surface area contributed by atoms with Crippen LogP contribution in [0.2, 0.25) is 0 Å². The Hall–Kier alpha value is -3.04. The van der Waals surface area contributed by atoms with Crippen molar-refractivity contribution in [2.75, 3.05) is 13.1 Å². The zero-order valence-electron chi connectivity index (χ0n) is 17.8. The van der Waals surface area contributed by atoms with E-state index in [0.29, 0.717) is 36.0 Å². The van der Waals surface area contributed by atoms with E-state index in [1.165, 1.54) is 22.7 Å². The fraction of sp³-hybridized carbons (Fsp3) is 0.375. The minimum Gasteiger partial charge on any atom is -0.326 e. The van der Waals surface area contributed by atoms with E-state index in [2.05, 4.69) is 16.3 Å². The summed E-state index contributed by atoms with van der Waals surface area (Å²) in [6, 6.07) is 11.1. The van der Waals surface area contributed by atoms with Crippen molar-refractivity contribution in [3.63, 3.8) is 0 Å². The van der Waals surface area contributed by atoms with Gasteiger partial charge in [0.2, 0.25) is 0 Å². The third-order valence-corrected chi connectivity index (χ3v) is 6.67. The fourth-order valence-electron chi connectivity index (χ4n) is 4.92. The van der Waals surface area contributed by atoms with Crippen LogP contribution in [0.5, 0.6) is 0 Å². The van der Waals surface area contributed by atoms with Crippen LogP contribution in [-0.2, 0) is 0 Å². The van der Waals surface area contributed by atoms with E-state index >= 15 is 0 Å². The molecule has 1 aliphatic heterocycles. The molecule has 4 aromatic rings. The Labute approximate surface area is 188 Å². The number of halogens is 3. The van der Waals surface area contributed by atoms with Gasteiger partial charge in [0, 0.05) is 30.7 Å². The summed E-state index contributed by atoms with van der Waals surface area (Å²) in [5.74, 6) is 0.955. The molecule has 1 saturated heterocycles. The summed E-state index contributed by atoms with van der Waals surface area (Å²) in [5.41, 5.74) is 9.24. The first-order valence-electron chi connectivity index (χ1n) is 11.2. The normalized spacial score (nSPS) is 20.7. The molecule has 1 unspecified atom stereocenters. The molecule has 33 heavy (non-hydrogen) atoms. The van der Waals surface area contributed by atoms with Crippen LogP contribution >= 0.6 is 0 Å². The molecular formula is C24H23F3N6. The number of hydrogen-bond acceptors (Lipinski definition) is 5. The molecule has 2 aliphatic rings. The molecule has 2 N–H and O–H groups in total. The smallest absolute Gasteiger partial charge is 0.326 e. The lowest BCUT2D eigenvalue weighted by Crippen LogP contribution is -2.38. The van der Waals surface area contributed by atoms with Gasteiger partial charge in [0.1, 0.15) is 11.7 Å². The lowest BCUT2D eigenvalue weighted by molar-refractivity contribution is -0.183. The minimum atomic E-state index is -4.42. The molecule has 9 heteroatoms. The average Bonchev–Trinajstić information content (AvgIpc) is 3.41. The highest BCUT2D eigenvalue weighted by molar-refractivity contribution is 5.84. The second kappa shape index (κ2) is 7.50. The first-order chi connectivity index (χ1) is 15.9. The summed E-state index contributed by atoms with van der Waals surface area (Å²) in [7, 11) is 0. The predicted molar refractivity (Wildman–Crippen MR) is 119 cm³/mol. The zero-order chi connectivity index (χ0) is 22.7. The van der Waals surface area contributed by atoms with Crippen molar-refractivity contribution < 1.29 is 13.2 Å². The van der Waals surface area contributed by atoms with Crippen molar-refractivity contribution >= 4 is 16.6 Å². The standard InChI is InChI=1S/C24H23F3N6/c25-24(26,27)22(32-11-10-17(28)13-32)16-7-9-20-30-31-23(33(20)12-16)19-8-6-15-2-1-3-18(14-4-5-14)21(15)29-19/h1-3,6-9,12,14,17,22H,4-5,10-11,13,28H2/t17?,22-/m1/s1. The van der Waals surface area contributed by atoms with Crippen LogP contribution in [0.4, 0.5) is 13.2 Å². The largest absolute Gasteiger partial charge is 0.408 e. The molecule has 0 bridgehead atoms. The molecule has 3 aromatic heterocycles. The SMILES string of the molecule is NC1CCN([C@H](c2ccc3nnc(-c4ccc5cccc(C6CC6)c5n4)n3c2)C(F)(F)F)C1. The van der Waals surface area contributed by atoms with Crippen LogP contribution in [0, 0.1) is 0 Å². The van der Waals surface area contributed by atoms with Crippen molar-refractivity contribution in [3.8, 4) is 11.5 Å². The van der Waals surface area contributed by atoms with Gasteiger partial charge >= 0.3 is 6.18 Å². The molecule has 1 aromatic carbocycles. The number of likely N-dealkylation sites (tertiary alicyclic amines) is 1. The third kappa shape index (κ3) is 3.65. The lowest BCUT2D eigenvalue weighted by Gasteiger charge is -2.30. The van der Waals surface area contributed by atoms with Crippen molar-refractivity contribution in [2.24, 2.45) is 5.73 Å². The number of nitrogens with zero attached hydrogens (tertiary/aromatic N) is 5. The summed E-state index contributed by atoms with van der Waals surface area (Å²) < 4.78 is 43.9. The maximum Gasteiger partial charge on any atom is 0.408 e. The average molecular weight is 452 g/mol. The maximum absolute atomic E-state index is 14.1. The first kappa shape index (κ1) is 20.6. The Morgan fingerprint density at radius 2 is 1.85 bits per heavy atom. The van der Waals surface area contributed by atoms with Crippen molar-refractivity contribution in [1.82, 2.24) is 24.5 Å². The summed E-state index contributed by atoms with van der Waals surface area (Å²) in [4.78, 5) is 6.28. The number of aromatic nitrogens is 4. The quantitative estimate of drug-likeness (QED) is 0.495. The topological polar surface area (TPSA) is 72.3 Å². The maximum atomic E-state index is 14.1. The summed E-state index contributed by atoms with van der Waals surface area (Å²) in [5, 5.41) is 9.49. The number of fused-ring (bicyclic) bond motifs is 2. The van der Waals surface area contributed by atoms with Gasteiger partial charge in [0.05, 0.1) is 5.52 Å². The first-order valence-corrected chi connectivity index (χ1v) is 11.2. The number of pyridine rings is 2. The van der Waals surface area contributed by atoms with Crippen LogP contribution in [0.15, 0.2) is 48.7 Å². The number of benzene rings is 1. The molecule has 6 rings (SSSR count). The van der Waals surface area contributed by atoms with E-state index in [4.69, 9.17) is 10.7 Å². The second-order valence-electron chi connectivity index (χ2n) is 9.09. The van der Waals surface area contributed by atoms with Crippen LogP contribution in [0.3, 0.4) is 0 Å².